The van der Waals surface area contributed by atoms with Crippen molar-refractivity contribution in [3.8, 4) is 6.07 Å². The molecule has 1 aromatic heterocycles. The molecule has 0 bridgehead atoms. The van der Waals surface area contributed by atoms with Crippen molar-refractivity contribution >= 4 is 21.5 Å². The topological polar surface area (TPSA) is 112 Å². The van der Waals surface area contributed by atoms with Crippen LogP contribution in [0.3, 0.4) is 0 Å². The van der Waals surface area contributed by atoms with E-state index in [0.717, 1.165) is 0 Å². The second-order valence-corrected chi connectivity index (χ2v) is 7.41. The van der Waals surface area contributed by atoms with Crippen LogP contribution >= 0.6 is 0 Å². The van der Waals surface area contributed by atoms with Gasteiger partial charge >= 0.3 is 0 Å². The van der Waals surface area contributed by atoms with Gasteiger partial charge in [-0.1, -0.05) is 0 Å². The van der Waals surface area contributed by atoms with Crippen LogP contribution in [0.25, 0.3) is 0 Å². The molecule has 0 amide bonds. The number of hydrogen-bond donors (Lipinski definition) is 2. The fraction of sp³-hybridized carbons (Fsp3) is 0.118. The van der Waals surface area contributed by atoms with E-state index in [9.17, 15) is 8.42 Å². The van der Waals surface area contributed by atoms with Gasteiger partial charge in [-0.3, -0.25) is 5.10 Å². The molecule has 1 heterocycles. The molecule has 0 aliphatic heterocycles. The van der Waals surface area contributed by atoms with E-state index in [4.69, 9.17) is 5.26 Å². The highest BCUT2D eigenvalue weighted by Gasteiger charge is 2.23. The van der Waals surface area contributed by atoms with Gasteiger partial charge in [0, 0.05) is 5.69 Å². The minimum absolute atomic E-state index is 0.160. The van der Waals surface area contributed by atoms with Crippen LogP contribution in [-0.2, 0) is 9.84 Å². The van der Waals surface area contributed by atoms with Crippen LogP contribution < -0.4 is 5.32 Å². The Balaban J connectivity index is 2.02. The first kappa shape index (κ1) is 16.7. The van der Waals surface area contributed by atoms with Crippen LogP contribution in [0.15, 0.2) is 52.5 Å². The van der Waals surface area contributed by atoms with E-state index < -0.39 is 9.84 Å². The van der Waals surface area contributed by atoms with Crippen LogP contribution in [-0.4, -0.2) is 23.6 Å². The minimum atomic E-state index is -3.68. The summed E-state index contributed by atoms with van der Waals surface area (Å²) < 4.78 is 25.9. The molecule has 0 unspecified atom stereocenters. The molecule has 0 radical (unpaired) electrons. The predicted molar refractivity (Wildman–Crippen MR) is 92.2 cm³/mol. The van der Waals surface area contributed by atoms with E-state index in [-0.39, 0.29) is 9.79 Å². The third-order valence-electron chi connectivity index (χ3n) is 3.69. The molecule has 0 atom stereocenters. The van der Waals surface area contributed by atoms with Crippen molar-refractivity contribution in [2.24, 2.45) is 0 Å². The lowest BCUT2D eigenvalue weighted by Crippen LogP contribution is -2.07. The minimum Gasteiger partial charge on any atom is -0.323 e. The number of hydrogen-bond acceptors (Lipinski definition) is 6. The molecular formula is C17H15N5O2S. The number of sulfone groups is 1. The van der Waals surface area contributed by atoms with Gasteiger partial charge in [0.1, 0.15) is 6.33 Å². The third-order valence-corrected chi connectivity index (χ3v) is 5.77. The number of H-pyrrole nitrogens is 1. The Kier molecular flexibility index (Phi) is 4.25. The fourth-order valence-corrected chi connectivity index (χ4v) is 4.37. The number of nitrogens with one attached hydrogen (secondary N) is 2. The van der Waals surface area contributed by atoms with E-state index in [1.165, 1.54) is 30.6 Å². The summed E-state index contributed by atoms with van der Waals surface area (Å²) in [5.41, 5.74) is 2.34. The maximum Gasteiger partial charge on any atom is 0.246 e. The van der Waals surface area contributed by atoms with Gasteiger partial charge in [0.25, 0.3) is 0 Å². The van der Waals surface area contributed by atoms with Crippen molar-refractivity contribution in [2.75, 3.05) is 5.32 Å². The Hall–Kier alpha value is -3.18. The van der Waals surface area contributed by atoms with Crippen molar-refractivity contribution in [1.82, 2.24) is 15.2 Å². The van der Waals surface area contributed by atoms with E-state index in [0.29, 0.717) is 28.3 Å². The number of aromatic nitrogens is 3. The summed E-state index contributed by atoms with van der Waals surface area (Å²) in [6.45, 7) is 3.49. The van der Waals surface area contributed by atoms with E-state index in [1.54, 1.807) is 26.0 Å². The number of nitriles is 1. The lowest BCUT2D eigenvalue weighted by Gasteiger charge is -2.13. The quantitative estimate of drug-likeness (QED) is 0.746. The molecule has 8 heteroatoms. The van der Waals surface area contributed by atoms with Crippen LogP contribution in [0.2, 0.25) is 0 Å². The first-order valence-corrected chi connectivity index (χ1v) is 8.89. The maximum atomic E-state index is 13.0. The average molecular weight is 353 g/mol. The smallest absolute Gasteiger partial charge is 0.246 e. The Bertz CT molecular complexity index is 1030. The van der Waals surface area contributed by atoms with Gasteiger partial charge < -0.3 is 5.32 Å². The molecule has 2 aromatic carbocycles. The molecule has 126 valence electrons. The summed E-state index contributed by atoms with van der Waals surface area (Å²) in [6.07, 6.45) is 1.45. The van der Waals surface area contributed by atoms with Gasteiger partial charge in [-0.2, -0.15) is 5.26 Å². The van der Waals surface area contributed by atoms with Crippen LogP contribution in [0.5, 0.6) is 0 Å². The summed E-state index contributed by atoms with van der Waals surface area (Å²) in [5.74, 6) is 0.404. The highest BCUT2D eigenvalue weighted by atomic mass is 32.2. The summed E-state index contributed by atoms with van der Waals surface area (Å²) in [4.78, 5) is 4.40. The second-order valence-electron chi connectivity index (χ2n) is 5.53. The van der Waals surface area contributed by atoms with Crippen molar-refractivity contribution in [2.45, 2.75) is 23.6 Å². The molecule has 0 fully saturated rings. The SMILES string of the molecule is Cc1cc(Nc2nc[nH]n2)cc(C)c1S(=O)(=O)c1ccc(C#N)cc1. The van der Waals surface area contributed by atoms with Crippen molar-refractivity contribution < 1.29 is 8.42 Å². The van der Waals surface area contributed by atoms with Crippen LogP contribution in [0.4, 0.5) is 11.6 Å². The zero-order valence-corrected chi connectivity index (χ0v) is 14.4. The van der Waals surface area contributed by atoms with Crippen LogP contribution in [0, 0.1) is 25.2 Å². The second kappa shape index (κ2) is 6.37. The summed E-state index contributed by atoms with van der Waals surface area (Å²) in [6, 6.07) is 11.3. The van der Waals surface area contributed by atoms with Gasteiger partial charge in [-0.25, -0.2) is 13.4 Å². The van der Waals surface area contributed by atoms with Crippen molar-refractivity contribution in [1.29, 1.82) is 5.26 Å². The van der Waals surface area contributed by atoms with Gasteiger partial charge in [-0.05, 0) is 61.4 Å². The van der Waals surface area contributed by atoms with E-state index in [1.807, 2.05) is 6.07 Å². The van der Waals surface area contributed by atoms with Gasteiger partial charge in [0.2, 0.25) is 15.8 Å². The Labute approximate surface area is 145 Å². The first-order chi connectivity index (χ1) is 11.9. The number of anilines is 2. The van der Waals surface area contributed by atoms with Crippen molar-refractivity contribution in [3.63, 3.8) is 0 Å². The first-order valence-electron chi connectivity index (χ1n) is 7.41. The molecule has 0 saturated carbocycles. The maximum absolute atomic E-state index is 13.0. The molecule has 2 N–H and O–H groups in total. The number of nitrogens with zero attached hydrogens (tertiary/aromatic N) is 3. The Morgan fingerprint density at radius 3 is 2.28 bits per heavy atom. The molecule has 3 rings (SSSR count). The molecule has 7 nitrogen and oxygen atoms in total. The van der Waals surface area contributed by atoms with E-state index in [2.05, 4.69) is 20.5 Å². The molecule has 0 aliphatic carbocycles. The normalized spacial score (nSPS) is 11.1. The predicted octanol–water partition coefficient (Wildman–Crippen LogP) is 2.87. The number of rotatable bonds is 4. The number of aryl methyl sites for hydroxylation is 2. The van der Waals surface area contributed by atoms with Crippen molar-refractivity contribution in [3.05, 3.63) is 59.4 Å². The molecule has 3 aromatic rings. The summed E-state index contributed by atoms with van der Waals surface area (Å²) in [5, 5.41) is 18.4. The fourth-order valence-electron chi connectivity index (χ4n) is 2.67. The summed E-state index contributed by atoms with van der Waals surface area (Å²) in [7, 11) is -3.68. The lowest BCUT2D eigenvalue weighted by atomic mass is 10.1. The number of aromatic amines is 1. The van der Waals surface area contributed by atoms with E-state index >= 15 is 0 Å². The van der Waals surface area contributed by atoms with Crippen LogP contribution in [0.1, 0.15) is 16.7 Å². The zero-order valence-electron chi connectivity index (χ0n) is 13.6. The standard InChI is InChI=1S/C17H15N5O2S/c1-11-7-14(21-17-19-10-20-22-17)8-12(2)16(11)25(23,24)15-5-3-13(9-18)4-6-15/h3-8,10H,1-2H3,(H2,19,20,21,22). The Morgan fingerprint density at radius 2 is 1.76 bits per heavy atom. The van der Waals surface area contributed by atoms with Gasteiger partial charge in [0.15, 0.2) is 0 Å². The molecule has 0 saturated heterocycles. The number of benzene rings is 2. The third kappa shape index (κ3) is 3.22. The largest absolute Gasteiger partial charge is 0.323 e. The average Bonchev–Trinajstić information content (AvgIpc) is 3.07. The molecule has 0 aliphatic rings. The zero-order chi connectivity index (χ0) is 18.0. The highest BCUT2D eigenvalue weighted by Crippen LogP contribution is 2.30. The lowest BCUT2D eigenvalue weighted by molar-refractivity contribution is 0.595. The summed E-state index contributed by atoms with van der Waals surface area (Å²) >= 11 is 0. The monoisotopic (exact) mass is 353 g/mol. The van der Waals surface area contributed by atoms with Gasteiger partial charge in [-0.15, -0.1) is 5.10 Å². The van der Waals surface area contributed by atoms with Gasteiger partial charge in [0.05, 0.1) is 21.4 Å². The Morgan fingerprint density at radius 1 is 1.12 bits per heavy atom. The molecule has 25 heavy (non-hydrogen) atoms. The highest BCUT2D eigenvalue weighted by molar-refractivity contribution is 7.91. The molecule has 0 spiro atoms. The molecular weight excluding hydrogens is 338 g/mol.